The monoisotopic (exact) mass is 789 g/mol. The van der Waals surface area contributed by atoms with Gasteiger partial charge in [-0.05, 0) is 67.6 Å². The van der Waals surface area contributed by atoms with Gasteiger partial charge >= 0.3 is 6.09 Å². The maximum absolute atomic E-state index is 14.7. The number of carbonyl (C=O) groups excluding carboxylic acids is 4. The molecule has 6 aromatic carbocycles. The van der Waals surface area contributed by atoms with Crippen molar-refractivity contribution in [3.63, 3.8) is 0 Å². The van der Waals surface area contributed by atoms with Crippen LogP contribution in [0.2, 0.25) is 0 Å². The number of amides is 3. The summed E-state index contributed by atoms with van der Waals surface area (Å²) in [5, 5.41) is 2.89. The van der Waals surface area contributed by atoms with Crippen molar-refractivity contribution >= 4 is 46.8 Å². The number of rotatable bonds is 14. The Morgan fingerprint density at radius 1 is 0.672 bits per heavy atom. The van der Waals surface area contributed by atoms with E-state index in [9.17, 15) is 19.2 Å². The molecule has 0 spiro atoms. The average Bonchev–Trinajstić information content (AvgIpc) is 3.24. The van der Waals surface area contributed by atoms with Crippen molar-refractivity contribution in [1.82, 2.24) is 0 Å². The van der Waals surface area contributed by atoms with Crippen LogP contribution in [0.5, 0.6) is 0 Å². The summed E-state index contributed by atoms with van der Waals surface area (Å²) in [6.45, 7) is 5.11. The predicted molar refractivity (Wildman–Crippen MR) is 233 cm³/mol. The number of ketones is 1. The first-order chi connectivity index (χ1) is 28.0. The number of nitrogens with two attached hydrogens (primary N) is 1. The van der Waals surface area contributed by atoms with Crippen LogP contribution < -0.4 is 16.0 Å². The normalized spacial score (nSPS) is 11.9. The Morgan fingerprint density at radius 3 is 1.66 bits per heavy atom. The summed E-state index contributed by atoms with van der Waals surface area (Å²) in [7, 11) is 0. The number of aryl methyl sites for hydroxylation is 1. The minimum absolute atomic E-state index is 0.0710. The number of nitrogens with one attached hydrogen (secondary N) is 1. The summed E-state index contributed by atoms with van der Waals surface area (Å²) in [6, 6.07) is 51.6. The summed E-state index contributed by atoms with van der Waals surface area (Å²) in [5.74, 6) is -1.32. The van der Waals surface area contributed by atoms with Gasteiger partial charge in [0.1, 0.15) is 5.60 Å². The Bertz CT molecular complexity index is 2220. The van der Waals surface area contributed by atoms with E-state index in [2.05, 4.69) is 41.7 Å². The molecule has 8 nitrogen and oxygen atoms in total. The number of hydrogen-bond acceptors (Lipinski definition) is 7. The predicted octanol–water partition coefficient (Wildman–Crippen LogP) is 9.81. The molecule has 0 aliphatic carbocycles. The first kappa shape index (κ1) is 41.3. The summed E-state index contributed by atoms with van der Waals surface area (Å²) < 4.78 is 5.01. The van der Waals surface area contributed by atoms with Gasteiger partial charge in [0, 0.05) is 23.3 Å². The maximum atomic E-state index is 14.7. The van der Waals surface area contributed by atoms with Gasteiger partial charge in [0.05, 0.1) is 22.2 Å². The summed E-state index contributed by atoms with van der Waals surface area (Å²) in [6.07, 6.45) is -0.268. The molecule has 0 fully saturated rings. The maximum Gasteiger partial charge on any atom is 0.421 e. The molecule has 0 saturated heterocycles. The van der Waals surface area contributed by atoms with E-state index in [4.69, 9.17) is 10.5 Å². The Kier molecular flexibility index (Phi) is 13.4. The Morgan fingerprint density at radius 2 is 1.16 bits per heavy atom. The zero-order valence-corrected chi connectivity index (χ0v) is 33.7. The molecule has 3 N–H and O–H groups in total. The molecule has 0 saturated carbocycles. The molecule has 1 atom stereocenters. The van der Waals surface area contributed by atoms with Crippen LogP contribution in [0.25, 0.3) is 0 Å². The van der Waals surface area contributed by atoms with Crippen LogP contribution in [-0.4, -0.2) is 41.1 Å². The highest BCUT2D eigenvalue weighted by Gasteiger charge is 2.40. The van der Waals surface area contributed by atoms with Gasteiger partial charge in [0.15, 0.2) is 5.78 Å². The number of benzene rings is 6. The van der Waals surface area contributed by atoms with Crippen LogP contribution in [0.3, 0.4) is 0 Å². The van der Waals surface area contributed by atoms with Gasteiger partial charge in [-0.2, -0.15) is 0 Å². The molecule has 0 heterocycles. The molecule has 1 unspecified atom stereocenters. The number of thioether (sulfide) groups is 1. The molecule has 0 bridgehead atoms. The number of hydrogen-bond donors (Lipinski definition) is 2. The number of anilines is 2. The summed E-state index contributed by atoms with van der Waals surface area (Å²) >= 11 is 1.49. The second-order valence-corrected chi connectivity index (χ2v) is 16.0. The highest BCUT2D eigenvalue weighted by molar-refractivity contribution is 8.00. The second-order valence-electron chi connectivity index (χ2n) is 14.8. The van der Waals surface area contributed by atoms with Gasteiger partial charge in [0.25, 0.3) is 5.91 Å². The van der Waals surface area contributed by atoms with Crippen LogP contribution in [0.15, 0.2) is 170 Å². The van der Waals surface area contributed by atoms with E-state index >= 15 is 0 Å². The zero-order valence-electron chi connectivity index (χ0n) is 32.8. The summed E-state index contributed by atoms with van der Waals surface area (Å²) in [4.78, 5) is 57.0. The first-order valence-electron chi connectivity index (χ1n) is 19.2. The van der Waals surface area contributed by atoms with Crippen molar-refractivity contribution in [2.45, 2.75) is 50.0 Å². The van der Waals surface area contributed by atoms with Crippen molar-refractivity contribution in [3.05, 3.63) is 203 Å². The standard InChI is InChI=1S/C49H47N3O5S/c1-48(2,3)57-47(56)52(40-30-31-43(41(33-40)45(54)36-21-11-5-12-22-36)51-44(53)32-29-35-19-9-4-10-20-35)46(55)42(50)34-58-49(37-23-13-6-14-24-37,38-25-15-7-16-26-38)39-27-17-8-18-28-39/h4-28,30-31,33,42H,29,32,34,50H2,1-3H3,(H,51,53). The van der Waals surface area contributed by atoms with Crippen molar-refractivity contribution in [2.75, 3.05) is 16.0 Å². The lowest BCUT2D eigenvalue weighted by molar-refractivity contribution is -0.119. The van der Waals surface area contributed by atoms with Gasteiger partial charge in [0.2, 0.25) is 5.91 Å². The van der Waals surface area contributed by atoms with E-state index in [-0.39, 0.29) is 35.0 Å². The molecule has 0 aliphatic heterocycles. The van der Waals surface area contributed by atoms with E-state index in [0.29, 0.717) is 12.0 Å². The molecule has 58 heavy (non-hydrogen) atoms. The first-order valence-corrected chi connectivity index (χ1v) is 20.2. The largest absolute Gasteiger partial charge is 0.443 e. The fourth-order valence-corrected chi connectivity index (χ4v) is 8.16. The molecule has 3 amide bonds. The molecule has 6 aromatic rings. The fraction of sp³-hybridized carbons (Fsp3) is 0.184. The number of carbonyl (C=O) groups is 4. The van der Waals surface area contributed by atoms with E-state index in [0.717, 1.165) is 27.2 Å². The Hall–Kier alpha value is -6.29. The van der Waals surface area contributed by atoms with Crippen LogP contribution in [0.4, 0.5) is 16.2 Å². The van der Waals surface area contributed by atoms with Gasteiger partial charge in [-0.15, -0.1) is 11.8 Å². The number of nitrogens with zero attached hydrogens (tertiary/aromatic N) is 1. The summed E-state index contributed by atoms with van der Waals surface area (Å²) in [5.41, 5.74) is 10.6. The van der Waals surface area contributed by atoms with Gasteiger partial charge in [-0.25, -0.2) is 9.69 Å². The minimum atomic E-state index is -1.20. The molecule has 294 valence electrons. The van der Waals surface area contributed by atoms with Crippen LogP contribution >= 0.6 is 11.8 Å². The van der Waals surface area contributed by atoms with E-state index in [1.807, 2.05) is 84.9 Å². The van der Waals surface area contributed by atoms with Crippen molar-refractivity contribution in [1.29, 1.82) is 0 Å². The lowest BCUT2D eigenvalue weighted by atomic mass is 9.84. The Balaban J connectivity index is 1.36. The second kappa shape index (κ2) is 18.8. The molecule has 0 aromatic heterocycles. The van der Waals surface area contributed by atoms with Crippen LogP contribution in [0, 0.1) is 0 Å². The highest BCUT2D eigenvalue weighted by atomic mass is 32.2. The highest BCUT2D eigenvalue weighted by Crippen LogP contribution is 2.48. The molecular formula is C49H47N3O5S. The quantitative estimate of drug-likeness (QED) is 0.0833. The van der Waals surface area contributed by atoms with E-state index < -0.39 is 34.2 Å². The van der Waals surface area contributed by atoms with Crippen molar-refractivity contribution < 1.29 is 23.9 Å². The minimum Gasteiger partial charge on any atom is -0.443 e. The van der Waals surface area contributed by atoms with Crippen molar-refractivity contribution in [3.8, 4) is 0 Å². The topological polar surface area (TPSA) is 119 Å². The lowest BCUT2D eigenvalue weighted by Crippen LogP contribution is -2.50. The van der Waals surface area contributed by atoms with Gasteiger partial charge < -0.3 is 15.8 Å². The molecule has 0 radical (unpaired) electrons. The van der Waals surface area contributed by atoms with Gasteiger partial charge in [-0.3, -0.25) is 14.4 Å². The Labute approximate surface area is 344 Å². The number of imide groups is 1. The fourth-order valence-electron chi connectivity index (χ4n) is 6.68. The van der Waals surface area contributed by atoms with Crippen molar-refractivity contribution in [2.24, 2.45) is 5.73 Å². The molecule has 0 aliphatic rings. The third-order valence-corrected chi connectivity index (χ3v) is 11.1. The van der Waals surface area contributed by atoms with Crippen LogP contribution in [0.1, 0.15) is 65.4 Å². The van der Waals surface area contributed by atoms with Gasteiger partial charge in [-0.1, -0.05) is 152 Å². The average molecular weight is 790 g/mol. The third kappa shape index (κ3) is 9.98. The molecule has 9 heteroatoms. The van der Waals surface area contributed by atoms with E-state index in [1.54, 1.807) is 51.1 Å². The molecular weight excluding hydrogens is 743 g/mol. The van der Waals surface area contributed by atoms with E-state index in [1.165, 1.54) is 30.0 Å². The SMILES string of the molecule is CC(C)(C)OC(=O)N(C(=O)C(N)CSC(c1ccccc1)(c1ccccc1)c1ccccc1)c1ccc(NC(=O)CCc2ccccc2)c(C(=O)c2ccccc2)c1. The lowest BCUT2D eigenvalue weighted by Gasteiger charge is -2.36. The van der Waals surface area contributed by atoms with Crippen LogP contribution in [-0.2, 0) is 25.5 Å². The smallest absolute Gasteiger partial charge is 0.421 e. The molecule has 6 rings (SSSR count). The third-order valence-electron chi connectivity index (χ3n) is 9.43. The number of ether oxygens (including phenoxy) is 1. The zero-order chi connectivity index (χ0) is 41.1.